The third kappa shape index (κ3) is 4.52. The van der Waals surface area contributed by atoms with Crippen LogP contribution in [0.4, 0.5) is 0 Å². The minimum Gasteiger partial charge on any atom is -0.379 e. The standard InChI is InChI=1S/C14H26N2O/c1-11(2)17-8-6-7-15-10-14-9-12(3)16(5)13(14)4/h9,11,15H,6-8,10H2,1-5H3. The first kappa shape index (κ1) is 14.3. The molecule has 0 aliphatic rings. The zero-order chi connectivity index (χ0) is 12.8. The Bertz CT molecular complexity index is 342. The number of aryl methyl sites for hydroxylation is 1. The number of ether oxygens (including phenoxy) is 1. The van der Waals surface area contributed by atoms with Gasteiger partial charge in [0.25, 0.3) is 0 Å². The van der Waals surface area contributed by atoms with Crippen molar-refractivity contribution in [2.45, 2.75) is 46.8 Å². The van der Waals surface area contributed by atoms with Crippen molar-refractivity contribution in [2.24, 2.45) is 7.05 Å². The summed E-state index contributed by atoms with van der Waals surface area (Å²) in [6.07, 6.45) is 1.41. The molecule has 0 spiro atoms. The summed E-state index contributed by atoms with van der Waals surface area (Å²) in [5.74, 6) is 0. The molecule has 0 amide bonds. The van der Waals surface area contributed by atoms with Gasteiger partial charge in [0, 0.05) is 31.6 Å². The Hall–Kier alpha value is -0.800. The molecule has 0 aliphatic carbocycles. The molecule has 0 unspecified atom stereocenters. The van der Waals surface area contributed by atoms with Crippen LogP contribution in [0.15, 0.2) is 6.07 Å². The Morgan fingerprint density at radius 2 is 2.06 bits per heavy atom. The minimum absolute atomic E-state index is 0.342. The van der Waals surface area contributed by atoms with E-state index in [0.717, 1.165) is 26.1 Å². The van der Waals surface area contributed by atoms with Crippen molar-refractivity contribution in [1.82, 2.24) is 9.88 Å². The first-order chi connectivity index (χ1) is 8.02. The molecule has 1 aromatic heterocycles. The maximum absolute atomic E-state index is 5.50. The highest BCUT2D eigenvalue weighted by Gasteiger charge is 2.04. The van der Waals surface area contributed by atoms with Crippen molar-refractivity contribution in [3.63, 3.8) is 0 Å². The zero-order valence-corrected chi connectivity index (χ0v) is 11.8. The number of hydrogen-bond acceptors (Lipinski definition) is 2. The highest BCUT2D eigenvalue weighted by Crippen LogP contribution is 2.12. The molecule has 3 nitrogen and oxygen atoms in total. The summed E-state index contributed by atoms with van der Waals surface area (Å²) in [5, 5.41) is 3.46. The van der Waals surface area contributed by atoms with E-state index in [9.17, 15) is 0 Å². The van der Waals surface area contributed by atoms with Gasteiger partial charge in [-0.05, 0) is 52.3 Å². The molecule has 1 rings (SSSR count). The van der Waals surface area contributed by atoms with Crippen LogP contribution in [0, 0.1) is 13.8 Å². The number of nitrogens with zero attached hydrogens (tertiary/aromatic N) is 1. The predicted octanol–water partition coefficient (Wildman–Crippen LogP) is 2.55. The van der Waals surface area contributed by atoms with E-state index in [1.54, 1.807) is 0 Å². The van der Waals surface area contributed by atoms with Crippen LogP contribution in [0.1, 0.15) is 37.2 Å². The second kappa shape index (κ2) is 6.82. The average molecular weight is 238 g/mol. The summed E-state index contributed by atoms with van der Waals surface area (Å²) >= 11 is 0. The van der Waals surface area contributed by atoms with Crippen LogP contribution in [-0.4, -0.2) is 23.8 Å². The molecule has 1 heterocycles. The second-order valence-corrected chi connectivity index (χ2v) is 4.91. The van der Waals surface area contributed by atoms with E-state index in [2.05, 4.69) is 50.7 Å². The topological polar surface area (TPSA) is 26.2 Å². The Morgan fingerprint density at radius 1 is 1.35 bits per heavy atom. The summed E-state index contributed by atoms with van der Waals surface area (Å²) in [4.78, 5) is 0. The Kier molecular flexibility index (Phi) is 5.72. The van der Waals surface area contributed by atoms with Crippen LogP contribution in [0.25, 0.3) is 0 Å². The van der Waals surface area contributed by atoms with E-state index >= 15 is 0 Å². The molecule has 0 fully saturated rings. The fraction of sp³-hybridized carbons (Fsp3) is 0.714. The molecule has 0 aliphatic heterocycles. The Balaban J connectivity index is 2.20. The van der Waals surface area contributed by atoms with Crippen LogP contribution >= 0.6 is 0 Å². The van der Waals surface area contributed by atoms with Crippen LogP contribution in [0.5, 0.6) is 0 Å². The van der Waals surface area contributed by atoms with Crippen LogP contribution < -0.4 is 5.32 Å². The van der Waals surface area contributed by atoms with Crippen molar-refractivity contribution in [3.8, 4) is 0 Å². The Morgan fingerprint density at radius 3 is 2.59 bits per heavy atom. The van der Waals surface area contributed by atoms with Gasteiger partial charge in [0.1, 0.15) is 0 Å². The first-order valence-corrected chi connectivity index (χ1v) is 6.46. The summed E-state index contributed by atoms with van der Waals surface area (Å²) in [5.41, 5.74) is 4.07. The van der Waals surface area contributed by atoms with Crippen molar-refractivity contribution in [2.75, 3.05) is 13.2 Å². The van der Waals surface area contributed by atoms with Crippen molar-refractivity contribution in [1.29, 1.82) is 0 Å². The lowest BCUT2D eigenvalue weighted by atomic mass is 10.2. The van der Waals surface area contributed by atoms with Gasteiger partial charge in [-0.25, -0.2) is 0 Å². The first-order valence-electron chi connectivity index (χ1n) is 6.46. The van der Waals surface area contributed by atoms with E-state index in [1.165, 1.54) is 17.0 Å². The van der Waals surface area contributed by atoms with Crippen molar-refractivity contribution >= 4 is 0 Å². The van der Waals surface area contributed by atoms with Gasteiger partial charge in [-0.2, -0.15) is 0 Å². The fourth-order valence-electron chi connectivity index (χ4n) is 1.85. The lowest BCUT2D eigenvalue weighted by molar-refractivity contribution is 0.0770. The lowest BCUT2D eigenvalue weighted by Gasteiger charge is -2.08. The fourth-order valence-corrected chi connectivity index (χ4v) is 1.85. The molecule has 0 atom stereocenters. The SMILES string of the molecule is Cc1cc(CNCCCOC(C)C)c(C)n1C. The minimum atomic E-state index is 0.342. The van der Waals surface area contributed by atoms with Crippen molar-refractivity contribution in [3.05, 3.63) is 23.0 Å². The van der Waals surface area contributed by atoms with E-state index < -0.39 is 0 Å². The van der Waals surface area contributed by atoms with Crippen LogP contribution in [0.2, 0.25) is 0 Å². The smallest absolute Gasteiger partial charge is 0.0518 e. The highest BCUT2D eigenvalue weighted by atomic mass is 16.5. The van der Waals surface area contributed by atoms with E-state index in [0.29, 0.717) is 6.10 Å². The molecule has 17 heavy (non-hydrogen) atoms. The third-order valence-electron chi connectivity index (χ3n) is 3.14. The molecule has 0 bridgehead atoms. The molecule has 0 aromatic carbocycles. The zero-order valence-electron chi connectivity index (χ0n) is 11.8. The maximum Gasteiger partial charge on any atom is 0.0518 e. The van der Waals surface area contributed by atoms with Crippen molar-refractivity contribution < 1.29 is 4.74 Å². The molecule has 0 saturated carbocycles. The van der Waals surface area contributed by atoms with Crippen LogP contribution in [0.3, 0.4) is 0 Å². The summed E-state index contributed by atoms with van der Waals surface area (Å²) in [6, 6.07) is 2.26. The van der Waals surface area contributed by atoms with E-state index in [-0.39, 0.29) is 0 Å². The number of aromatic nitrogens is 1. The largest absolute Gasteiger partial charge is 0.379 e. The quantitative estimate of drug-likeness (QED) is 0.739. The molecule has 0 radical (unpaired) electrons. The molecule has 0 saturated heterocycles. The van der Waals surface area contributed by atoms with Gasteiger partial charge in [0.05, 0.1) is 6.10 Å². The molecule has 1 aromatic rings. The number of hydrogen-bond donors (Lipinski definition) is 1. The van der Waals surface area contributed by atoms with Gasteiger partial charge < -0.3 is 14.6 Å². The van der Waals surface area contributed by atoms with E-state index in [4.69, 9.17) is 4.74 Å². The molecular weight excluding hydrogens is 212 g/mol. The van der Waals surface area contributed by atoms with Gasteiger partial charge in [-0.1, -0.05) is 0 Å². The lowest BCUT2D eigenvalue weighted by Crippen LogP contribution is -2.17. The monoisotopic (exact) mass is 238 g/mol. The van der Waals surface area contributed by atoms with Gasteiger partial charge in [-0.15, -0.1) is 0 Å². The van der Waals surface area contributed by atoms with Gasteiger partial charge >= 0.3 is 0 Å². The number of nitrogens with one attached hydrogen (secondary N) is 1. The van der Waals surface area contributed by atoms with Gasteiger partial charge in [-0.3, -0.25) is 0 Å². The predicted molar refractivity (Wildman–Crippen MR) is 72.3 cm³/mol. The molecule has 3 heteroatoms. The molecular formula is C14H26N2O. The van der Waals surface area contributed by atoms with E-state index in [1.807, 2.05) is 0 Å². The molecule has 98 valence electrons. The average Bonchev–Trinajstić information content (AvgIpc) is 2.51. The second-order valence-electron chi connectivity index (χ2n) is 4.91. The van der Waals surface area contributed by atoms with Crippen LogP contribution in [-0.2, 0) is 18.3 Å². The Labute approximate surface area is 105 Å². The summed E-state index contributed by atoms with van der Waals surface area (Å²) < 4.78 is 7.73. The molecule has 1 N–H and O–H groups in total. The maximum atomic E-state index is 5.50. The third-order valence-corrected chi connectivity index (χ3v) is 3.14. The highest BCUT2D eigenvalue weighted by molar-refractivity contribution is 5.26. The van der Waals surface area contributed by atoms with Gasteiger partial charge in [0.2, 0.25) is 0 Å². The summed E-state index contributed by atoms with van der Waals surface area (Å²) in [6.45, 7) is 11.3. The summed E-state index contributed by atoms with van der Waals surface area (Å²) in [7, 11) is 2.12. The van der Waals surface area contributed by atoms with Gasteiger partial charge in [0.15, 0.2) is 0 Å². The normalized spacial score (nSPS) is 11.4. The number of rotatable bonds is 7.